The fourth-order valence-electron chi connectivity index (χ4n) is 5.68. The lowest BCUT2D eigenvalue weighted by molar-refractivity contribution is -0.144. The molecule has 16 nitrogen and oxygen atoms in total. The average Bonchev–Trinajstić information content (AvgIpc) is 3.69. The van der Waals surface area contributed by atoms with E-state index in [1.54, 1.807) is 50.5 Å². The molecule has 0 spiro atoms. The van der Waals surface area contributed by atoms with E-state index >= 15 is 0 Å². The van der Waals surface area contributed by atoms with Gasteiger partial charge < -0.3 is 47.1 Å². The zero-order valence-electron chi connectivity index (χ0n) is 28.6. The number of amides is 6. The summed E-state index contributed by atoms with van der Waals surface area (Å²) in [4.78, 5) is 86.3. The number of aryl methyl sites for hydroxylation is 1. The molecule has 6 amide bonds. The molecule has 0 bridgehead atoms. The number of benzene rings is 1. The van der Waals surface area contributed by atoms with Crippen molar-refractivity contribution in [3.05, 3.63) is 41.0 Å². The van der Waals surface area contributed by atoms with Gasteiger partial charge in [0.05, 0.1) is 41.9 Å². The number of hydrogen-bond acceptors (Lipinski definition) is 11. The Morgan fingerprint density at radius 2 is 1.68 bits per heavy atom. The van der Waals surface area contributed by atoms with E-state index in [0.717, 1.165) is 16.1 Å². The highest BCUT2D eigenvalue weighted by atomic mass is 32.1. The molecule has 4 rings (SSSR count). The first kappa shape index (κ1) is 38.4. The Morgan fingerprint density at radius 3 is 2.32 bits per heavy atom. The van der Waals surface area contributed by atoms with Crippen LogP contribution in [0.15, 0.2) is 29.8 Å². The van der Waals surface area contributed by atoms with Crippen molar-refractivity contribution in [3.8, 4) is 10.4 Å². The molecular formula is C33H46N8O8S. The van der Waals surface area contributed by atoms with E-state index in [0.29, 0.717) is 5.56 Å². The van der Waals surface area contributed by atoms with Crippen LogP contribution in [-0.2, 0) is 33.5 Å². The van der Waals surface area contributed by atoms with Crippen LogP contribution in [0.2, 0.25) is 0 Å². The van der Waals surface area contributed by atoms with Gasteiger partial charge in [0.15, 0.2) is 0 Å². The zero-order valence-corrected chi connectivity index (χ0v) is 29.4. The molecule has 1 aromatic carbocycles. The number of rotatable bonds is 3. The summed E-state index contributed by atoms with van der Waals surface area (Å²) < 4.78 is 5.46. The Balaban J connectivity index is 1.65. The molecule has 0 aliphatic carbocycles. The molecule has 272 valence electrons. The highest BCUT2D eigenvalue weighted by molar-refractivity contribution is 7.13. The van der Waals surface area contributed by atoms with Crippen molar-refractivity contribution in [2.24, 2.45) is 11.1 Å². The molecule has 8 N–H and O–H groups in total. The number of nitrogens with zero attached hydrogens (tertiary/aromatic N) is 2. The number of aliphatic hydroxyl groups excluding tert-OH is 1. The number of carbonyl (C=O) groups excluding carboxylic acids is 6. The monoisotopic (exact) mass is 714 g/mol. The maximum atomic E-state index is 14.0. The molecule has 5 atom stereocenters. The number of thiazole rings is 1. The highest BCUT2D eigenvalue weighted by Gasteiger charge is 2.45. The maximum Gasteiger partial charge on any atom is 0.247 e. The van der Waals surface area contributed by atoms with Crippen molar-refractivity contribution in [3.63, 3.8) is 0 Å². The van der Waals surface area contributed by atoms with Gasteiger partial charge in [-0.2, -0.15) is 0 Å². The van der Waals surface area contributed by atoms with Gasteiger partial charge in [0.2, 0.25) is 35.4 Å². The molecule has 2 aromatic rings. The molecule has 1 aromatic heterocycles. The van der Waals surface area contributed by atoms with Gasteiger partial charge in [-0.05, 0) is 23.5 Å². The Kier molecular flexibility index (Phi) is 13.0. The van der Waals surface area contributed by atoms with Gasteiger partial charge in [-0.15, -0.1) is 11.3 Å². The van der Waals surface area contributed by atoms with Crippen LogP contribution < -0.4 is 32.3 Å². The molecule has 50 heavy (non-hydrogen) atoms. The summed E-state index contributed by atoms with van der Waals surface area (Å²) >= 11 is 1.45. The van der Waals surface area contributed by atoms with E-state index in [4.69, 9.17) is 10.5 Å². The third-order valence-electron chi connectivity index (χ3n) is 8.41. The maximum absolute atomic E-state index is 14.0. The van der Waals surface area contributed by atoms with Gasteiger partial charge in [0.25, 0.3) is 0 Å². The smallest absolute Gasteiger partial charge is 0.247 e. The van der Waals surface area contributed by atoms with E-state index in [9.17, 15) is 33.9 Å². The fraction of sp³-hybridized carbons (Fsp3) is 0.545. The van der Waals surface area contributed by atoms with Crippen molar-refractivity contribution in [1.29, 1.82) is 0 Å². The first-order valence-corrected chi connectivity index (χ1v) is 17.3. The van der Waals surface area contributed by atoms with E-state index in [-0.39, 0.29) is 45.7 Å². The minimum Gasteiger partial charge on any atom is -0.391 e. The second-order valence-electron chi connectivity index (χ2n) is 13.3. The van der Waals surface area contributed by atoms with Crippen LogP contribution in [0.1, 0.15) is 50.9 Å². The number of ether oxygens (including phenoxy) is 1. The molecule has 2 aliphatic heterocycles. The van der Waals surface area contributed by atoms with E-state index in [2.05, 4.69) is 31.6 Å². The molecule has 0 radical (unpaired) electrons. The predicted molar refractivity (Wildman–Crippen MR) is 183 cm³/mol. The molecule has 0 saturated carbocycles. The number of nitrogens with two attached hydrogens (primary N) is 1. The van der Waals surface area contributed by atoms with E-state index in [1.165, 1.54) is 16.2 Å². The normalized spacial score (nSPS) is 25.6. The Bertz CT molecular complexity index is 1560. The standard InChI is InChI=1S/C33H46N8O8S/c1-18-27(50-17-37-18)20-7-5-19(6-8-20)26-31(47)36-15-25(44)38-22(14-34)29(45)35-10-12-49-11-9-24(43)39-28(33(2,3)4)32(48)41-16-21(42)13-23(41)30(46)40-26/h5-8,17,21-23,26,28,42H,9-16,34H2,1-4H3,(H,35,45)(H,36,47)(H,38,44)(H,39,43)(H,40,46)/t21-,22-,23+,26-,28-/m1/s1. The summed E-state index contributed by atoms with van der Waals surface area (Å²) in [5.41, 5.74) is 8.73. The molecular weight excluding hydrogens is 668 g/mol. The highest BCUT2D eigenvalue weighted by Crippen LogP contribution is 2.30. The SMILES string of the molecule is Cc1ncsc1-c1ccc([C@H]2NC(=O)[C@@H]3C[C@@H](O)CN3C(=O)[C@H](C(C)(C)C)NC(=O)CCOCCNC(=O)[C@@H](CN)NC(=O)CNC2=O)cc1. The lowest BCUT2D eigenvalue weighted by Gasteiger charge is -2.35. The fourth-order valence-corrected chi connectivity index (χ4v) is 6.49. The summed E-state index contributed by atoms with van der Waals surface area (Å²) in [5.74, 6) is -3.74. The zero-order chi connectivity index (χ0) is 36.6. The molecule has 2 aliphatic rings. The average molecular weight is 715 g/mol. The minimum absolute atomic E-state index is 0.00313. The third-order valence-corrected chi connectivity index (χ3v) is 9.39. The third kappa shape index (κ3) is 9.83. The lowest BCUT2D eigenvalue weighted by atomic mass is 9.85. The Labute approximate surface area is 294 Å². The van der Waals surface area contributed by atoms with Crippen LogP contribution in [-0.4, -0.2) is 114 Å². The van der Waals surface area contributed by atoms with Crippen LogP contribution in [0.3, 0.4) is 0 Å². The quantitative estimate of drug-likeness (QED) is 0.202. The Morgan fingerprint density at radius 1 is 0.960 bits per heavy atom. The molecule has 2 saturated heterocycles. The van der Waals surface area contributed by atoms with Gasteiger partial charge in [-0.3, -0.25) is 28.8 Å². The number of hydrogen-bond donors (Lipinski definition) is 7. The van der Waals surface area contributed by atoms with Gasteiger partial charge in [-0.1, -0.05) is 45.0 Å². The van der Waals surface area contributed by atoms with Crippen LogP contribution in [0.5, 0.6) is 0 Å². The van der Waals surface area contributed by atoms with Gasteiger partial charge in [-0.25, -0.2) is 4.98 Å². The second kappa shape index (κ2) is 17.0. The van der Waals surface area contributed by atoms with Crippen molar-refractivity contribution >= 4 is 46.8 Å². The van der Waals surface area contributed by atoms with Crippen molar-refractivity contribution in [2.75, 3.05) is 39.4 Å². The molecule has 2 fully saturated rings. The summed E-state index contributed by atoms with van der Waals surface area (Å²) in [6.07, 6.45) is -1.21. The van der Waals surface area contributed by atoms with E-state index < -0.39 is 77.7 Å². The summed E-state index contributed by atoms with van der Waals surface area (Å²) in [7, 11) is 0. The van der Waals surface area contributed by atoms with Crippen LogP contribution >= 0.6 is 11.3 Å². The van der Waals surface area contributed by atoms with Crippen molar-refractivity contribution in [2.45, 2.75) is 70.8 Å². The van der Waals surface area contributed by atoms with Crippen LogP contribution in [0, 0.1) is 12.3 Å². The van der Waals surface area contributed by atoms with Crippen molar-refractivity contribution in [1.82, 2.24) is 36.5 Å². The summed E-state index contributed by atoms with van der Waals surface area (Å²) in [5, 5.41) is 23.7. The van der Waals surface area contributed by atoms with Gasteiger partial charge >= 0.3 is 0 Å². The summed E-state index contributed by atoms with van der Waals surface area (Å²) in [6.45, 7) is 6.42. The minimum atomic E-state index is -1.31. The number of aliphatic hydroxyl groups is 1. The molecule has 17 heteroatoms. The van der Waals surface area contributed by atoms with Crippen LogP contribution in [0.25, 0.3) is 10.4 Å². The lowest BCUT2D eigenvalue weighted by Crippen LogP contribution is -2.58. The largest absolute Gasteiger partial charge is 0.391 e. The summed E-state index contributed by atoms with van der Waals surface area (Å²) in [6, 6.07) is 2.27. The first-order valence-electron chi connectivity index (χ1n) is 16.4. The second-order valence-corrected chi connectivity index (χ2v) is 14.2. The first-order chi connectivity index (χ1) is 23.7. The Hall–Kier alpha value is -4.45. The predicted octanol–water partition coefficient (Wildman–Crippen LogP) is -1.14. The van der Waals surface area contributed by atoms with E-state index in [1.807, 2.05) is 6.92 Å². The number of aromatic nitrogens is 1. The van der Waals surface area contributed by atoms with Crippen LogP contribution in [0.4, 0.5) is 0 Å². The molecule has 0 unspecified atom stereocenters. The van der Waals surface area contributed by atoms with Gasteiger partial charge in [0.1, 0.15) is 24.2 Å². The molecule has 3 heterocycles. The van der Waals surface area contributed by atoms with Gasteiger partial charge in [0, 0.05) is 32.5 Å². The van der Waals surface area contributed by atoms with Crippen molar-refractivity contribution < 1.29 is 38.6 Å². The number of nitrogens with one attached hydrogen (secondary N) is 5. The topological polar surface area (TPSA) is 234 Å². The number of fused-ring (bicyclic) bond motifs is 1. The number of carbonyl (C=O) groups is 6.